The lowest BCUT2D eigenvalue weighted by Gasteiger charge is -2.19. The molecule has 0 amide bonds. The minimum atomic E-state index is -0.407. The maximum absolute atomic E-state index is 8.65. The molecule has 0 aliphatic carbocycles. The first-order chi connectivity index (χ1) is 25.4. The summed E-state index contributed by atoms with van der Waals surface area (Å²) in [5.41, 5.74) is 6.52. The highest BCUT2D eigenvalue weighted by atomic mass is 16.3. The Morgan fingerprint density at radius 2 is 1.00 bits per heavy atom. The molecular formula is C46H28O. The molecule has 0 aliphatic heterocycles. The summed E-state index contributed by atoms with van der Waals surface area (Å²) < 4.78 is 48.4. The molecule has 1 aromatic heterocycles. The SMILES string of the molecule is [2H]c1c([2H])c([2H])c(-c2ccc3oc4cccc(-c5c6ccccc6c(-c6cccc7c6ccc6ccccc67)c6ccccc56)c4c3c2)c([2H])c1[2H]. The van der Waals surface area contributed by atoms with E-state index in [1.165, 1.54) is 32.7 Å². The van der Waals surface area contributed by atoms with E-state index in [1.54, 1.807) is 6.07 Å². The standard InChI is InChI=1S/C46H28O/c1-2-12-29(13-3-1)31-25-27-42-41(28-31)46-40(22-11-23-43(46)47-42)45-38-18-8-6-16-36(38)44(37-17-7-9-19-39(37)45)35-21-10-20-33-32-15-5-4-14-30(32)24-26-34(33)35/h1-28H/i1D,2D,3D,12D,13D. The van der Waals surface area contributed by atoms with Gasteiger partial charge >= 0.3 is 0 Å². The van der Waals surface area contributed by atoms with E-state index in [0.717, 1.165) is 43.4 Å². The van der Waals surface area contributed by atoms with Gasteiger partial charge in [-0.3, -0.25) is 0 Å². The molecule has 47 heavy (non-hydrogen) atoms. The third-order valence-electron chi connectivity index (χ3n) is 9.54. The normalized spacial score (nSPS) is 13.3. The summed E-state index contributed by atoms with van der Waals surface area (Å²) in [6, 6.07) is 46.8. The van der Waals surface area contributed by atoms with Crippen LogP contribution in [0.3, 0.4) is 0 Å². The Hall–Kier alpha value is -6.18. The first-order valence-corrected chi connectivity index (χ1v) is 15.8. The summed E-state index contributed by atoms with van der Waals surface area (Å²) in [5.74, 6) is 0. The fourth-order valence-corrected chi connectivity index (χ4v) is 7.55. The second-order valence-electron chi connectivity index (χ2n) is 12.0. The van der Waals surface area contributed by atoms with Crippen molar-refractivity contribution in [3.8, 4) is 33.4 Å². The van der Waals surface area contributed by atoms with Crippen LogP contribution >= 0.6 is 0 Å². The van der Waals surface area contributed by atoms with Crippen molar-refractivity contribution in [1.29, 1.82) is 0 Å². The molecule has 0 spiro atoms. The molecule has 0 saturated carbocycles. The molecule has 1 heteroatoms. The van der Waals surface area contributed by atoms with Gasteiger partial charge in [0, 0.05) is 10.8 Å². The van der Waals surface area contributed by atoms with Gasteiger partial charge in [0.25, 0.3) is 0 Å². The van der Waals surface area contributed by atoms with Crippen LogP contribution in [0.15, 0.2) is 174 Å². The van der Waals surface area contributed by atoms with E-state index in [4.69, 9.17) is 11.3 Å². The minimum Gasteiger partial charge on any atom is -0.456 e. The van der Waals surface area contributed by atoms with Gasteiger partial charge in [-0.05, 0) is 94.7 Å². The largest absolute Gasteiger partial charge is 0.456 e. The number of fused-ring (bicyclic) bond motifs is 8. The highest BCUT2D eigenvalue weighted by molar-refractivity contribution is 6.27. The molecular weight excluding hydrogens is 569 g/mol. The molecule has 0 aliphatic rings. The molecule has 0 unspecified atom stereocenters. The Kier molecular flexibility index (Phi) is 4.66. The highest BCUT2D eigenvalue weighted by Gasteiger charge is 2.21. The Morgan fingerprint density at radius 3 is 1.74 bits per heavy atom. The third kappa shape index (κ3) is 3.90. The molecule has 0 bridgehead atoms. The number of hydrogen-bond acceptors (Lipinski definition) is 1. The number of benzene rings is 9. The number of rotatable bonds is 3. The summed E-state index contributed by atoms with van der Waals surface area (Å²) >= 11 is 0. The van der Waals surface area contributed by atoms with Crippen LogP contribution in [0.5, 0.6) is 0 Å². The average Bonchev–Trinajstić information content (AvgIpc) is 3.57. The predicted molar refractivity (Wildman–Crippen MR) is 200 cm³/mol. The van der Waals surface area contributed by atoms with Crippen molar-refractivity contribution in [2.24, 2.45) is 0 Å². The van der Waals surface area contributed by atoms with Crippen molar-refractivity contribution >= 4 is 65.0 Å². The lowest BCUT2D eigenvalue weighted by atomic mass is 9.83. The van der Waals surface area contributed by atoms with Gasteiger partial charge in [0.15, 0.2) is 0 Å². The smallest absolute Gasteiger partial charge is 0.136 e. The first kappa shape index (κ1) is 21.5. The van der Waals surface area contributed by atoms with Crippen LogP contribution < -0.4 is 0 Å². The molecule has 10 aromatic rings. The van der Waals surface area contributed by atoms with E-state index < -0.39 is 6.04 Å². The van der Waals surface area contributed by atoms with Gasteiger partial charge in [0.1, 0.15) is 11.2 Å². The Balaban J connectivity index is 1.30. The maximum Gasteiger partial charge on any atom is 0.136 e. The van der Waals surface area contributed by atoms with Crippen molar-refractivity contribution in [3.05, 3.63) is 170 Å². The van der Waals surface area contributed by atoms with Gasteiger partial charge in [0.05, 0.1) is 6.85 Å². The van der Waals surface area contributed by atoms with Crippen LogP contribution in [0.2, 0.25) is 0 Å². The van der Waals surface area contributed by atoms with Crippen molar-refractivity contribution < 1.29 is 11.3 Å². The zero-order valence-electron chi connectivity index (χ0n) is 30.2. The Morgan fingerprint density at radius 1 is 0.383 bits per heavy atom. The van der Waals surface area contributed by atoms with Crippen LogP contribution in [-0.4, -0.2) is 0 Å². The summed E-state index contributed by atoms with van der Waals surface area (Å²) in [7, 11) is 0. The van der Waals surface area contributed by atoms with Gasteiger partial charge in [-0.15, -0.1) is 0 Å². The van der Waals surface area contributed by atoms with Gasteiger partial charge in [-0.2, -0.15) is 0 Å². The summed E-state index contributed by atoms with van der Waals surface area (Å²) in [4.78, 5) is 0. The number of furan rings is 1. The van der Waals surface area contributed by atoms with Crippen LogP contribution in [0.1, 0.15) is 6.85 Å². The molecule has 10 rings (SSSR count). The zero-order chi connectivity index (χ0) is 35.2. The second kappa shape index (κ2) is 10.2. The minimum absolute atomic E-state index is 0.169. The maximum atomic E-state index is 8.65. The summed E-state index contributed by atoms with van der Waals surface area (Å²) in [6.07, 6.45) is 0. The molecule has 9 aromatic carbocycles. The van der Waals surface area contributed by atoms with E-state index in [0.29, 0.717) is 16.7 Å². The van der Waals surface area contributed by atoms with Crippen LogP contribution in [0, 0.1) is 0 Å². The quantitative estimate of drug-likeness (QED) is 0.145. The summed E-state index contributed by atoms with van der Waals surface area (Å²) in [6.45, 7) is 0. The zero-order valence-corrected chi connectivity index (χ0v) is 25.2. The Bertz CT molecular complexity index is 3050. The predicted octanol–water partition coefficient (Wildman–Crippen LogP) is 13.2. The van der Waals surface area contributed by atoms with Crippen LogP contribution in [0.4, 0.5) is 0 Å². The summed E-state index contributed by atoms with van der Waals surface area (Å²) in [5, 5.41) is 11.1. The Labute approximate surface area is 279 Å². The van der Waals surface area contributed by atoms with Crippen molar-refractivity contribution in [1.82, 2.24) is 0 Å². The molecule has 0 N–H and O–H groups in total. The molecule has 0 saturated heterocycles. The highest BCUT2D eigenvalue weighted by Crippen LogP contribution is 2.48. The fraction of sp³-hybridized carbons (Fsp3) is 0. The van der Waals surface area contributed by atoms with Crippen molar-refractivity contribution in [2.45, 2.75) is 0 Å². The molecule has 0 radical (unpaired) electrons. The van der Waals surface area contributed by atoms with Crippen molar-refractivity contribution in [2.75, 3.05) is 0 Å². The van der Waals surface area contributed by atoms with E-state index in [9.17, 15) is 0 Å². The first-order valence-electron chi connectivity index (χ1n) is 18.3. The number of hydrogen-bond donors (Lipinski definition) is 0. The van der Waals surface area contributed by atoms with Crippen molar-refractivity contribution in [3.63, 3.8) is 0 Å². The van der Waals surface area contributed by atoms with Crippen LogP contribution in [-0.2, 0) is 0 Å². The third-order valence-corrected chi connectivity index (χ3v) is 9.54. The van der Waals surface area contributed by atoms with Gasteiger partial charge < -0.3 is 4.42 Å². The lowest BCUT2D eigenvalue weighted by Crippen LogP contribution is -1.92. The molecule has 0 fully saturated rings. The van der Waals surface area contributed by atoms with Gasteiger partial charge in [-0.25, -0.2) is 0 Å². The topological polar surface area (TPSA) is 13.1 Å². The van der Waals surface area contributed by atoms with E-state index in [2.05, 4.69) is 109 Å². The molecule has 1 heterocycles. The van der Waals surface area contributed by atoms with E-state index in [1.807, 2.05) is 24.3 Å². The van der Waals surface area contributed by atoms with Gasteiger partial charge in [-0.1, -0.05) is 152 Å². The van der Waals surface area contributed by atoms with Gasteiger partial charge in [0.2, 0.25) is 0 Å². The second-order valence-corrected chi connectivity index (χ2v) is 12.0. The fourth-order valence-electron chi connectivity index (χ4n) is 7.55. The van der Waals surface area contributed by atoms with E-state index in [-0.39, 0.29) is 29.7 Å². The van der Waals surface area contributed by atoms with E-state index >= 15 is 0 Å². The lowest BCUT2D eigenvalue weighted by molar-refractivity contribution is 0.669. The average molecular weight is 602 g/mol. The molecule has 0 atom stereocenters. The molecule has 218 valence electrons. The van der Waals surface area contributed by atoms with Crippen LogP contribution in [0.25, 0.3) is 98.4 Å². The monoisotopic (exact) mass is 601 g/mol. The molecule has 1 nitrogen and oxygen atoms in total.